The summed E-state index contributed by atoms with van der Waals surface area (Å²) in [5.74, 6) is -2.60. The maximum absolute atomic E-state index is 13.1. The summed E-state index contributed by atoms with van der Waals surface area (Å²) in [6.07, 6.45) is 0. The fourth-order valence-corrected chi connectivity index (χ4v) is 1.47. The molecule has 0 saturated carbocycles. The Hall–Kier alpha value is -1.14. The number of carbonyl (C=O) groups is 1. The first kappa shape index (κ1) is 11.9. The van der Waals surface area contributed by atoms with Crippen LogP contribution in [0.1, 0.15) is 10.4 Å². The zero-order valence-electron chi connectivity index (χ0n) is 7.84. The van der Waals surface area contributed by atoms with Gasteiger partial charge < -0.3 is 15.5 Å². The van der Waals surface area contributed by atoms with Crippen LogP contribution in [0.25, 0.3) is 0 Å². The van der Waals surface area contributed by atoms with E-state index in [1.807, 2.05) is 0 Å². The summed E-state index contributed by atoms with van der Waals surface area (Å²) in [6, 6.07) is 0.801. The first-order chi connectivity index (χ1) is 6.99. The minimum Gasteiger partial charge on any atom is -0.506 e. The lowest BCUT2D eigenvalue weighted by Crippen LogP contribution is -2.18. The molecule has 0 atom stereocenters. The molecule has 0 heterocycles. The highest BCUT2D eigenvalue weighted by Crippen LogP contribution is 2.37. The molecular formula is C9H9BrFNO3. The van der Waals surface area contributed by atoms with Gasteiger partial charge in [-0.3, -0.25) is 4.79 Å². The third kappa shape index (κ3) is 2.27. The molecule has 0 aliphatic rings. The van der Waals surface area contributed by atoms with Crippen molar-refractivity contribution in [2.45, 2.75) is 0 Å². The van der Waals surface area contributed by atoms with Crippen molar-refractivity contribution in [2.75, 3.05) is 13.6 Å². The van der Waals surface area contributed by atoms with E-state index >= 15 is 0 Å². The number of rotatable bonds is 3. The zero-order chi connectivity index (χ0) is 11.6. The molecule has 4 nitrogen and oxygen atoms in total. The molecule has 0 aliphatic carbocycles. The lowest BCUT2D eigenvalue weighted by atomic mass is 10.1. The Balaban J connectivity index is 3.26. The maximum Gasteiger partial charge on any atom is 0.180 e. The zero-order valence-corrected chi connectivity index (χ0v) is 9.43. The fourth-order valence-electron chi connectivity index (χ4n) is 1.07. The van der Waals surface area contributed by atoms with Gasteiger partial charge in [0.15, 0.2) is 17.3 Å². The molecule has 3 N–H and O–H groups in total. The molecule has 1 aromatic carbocycles. The fraction of sp³-hybridized carbons (Fsp3) is 0.222. The molecule has 6 heteroatoms. The van der Waals surface area contributed by atoms with Crippen molar-refractivity contribution in [1.29, 1.82) is 0 Å². The van der Waals surface area contributed by atoms with Gasteiger partial charge in [-0.25, -0.2) is 4.39 Å². The molecule has 0 aromatic heterocycles. The highest BCUT2D eigenvalue weighted by molar-refractivity contribution is 9.10. The van der Waals surface area contributed by atoms with E-state index in [0.717, 1.165) is 6.07 Å². The number of phenolic OH excluding ortho intramolecular Hbond substituents is 2. The Morgan fingerprint density at radius 3 is 2.67 bits per heavy atom. The van der Waals surface area contributed by atoms with Gasteiger partial charge in [-0.1, -0.05) is 0 Å². The Morgan fingerprint density at radius 1 is 1.53 bits per heavy atom. The Morgan fingerprint density at radius 2 is 2.13 bits per heavy atom. The number of nitrogens with one attached hydrogen (secondary N) is 1. The first-order valence-corrected chi connectivity index (χ1v) is 4.86. The quantitative estimate of drug-likeness (QED) is 0.731. The summed E-state index contributed by atoms with van der Waals surface area (Å²) in [7, 11) is 1.56. The summed E-state index contributed by atoms with van der Waals surface area (Å²) in [5.41, 5.74) is -0.175. The summed E-state index contributed by atoms with van der Waals surface area (Å²) in [5, 5.41) is 21.2. The van der Waals surface area contributed by atoms with Crippen LogP contribution in [0.4, 0.5) is 4.39 Å². The number of benzene rings is 1. The van der Waals surface area contributed by atoms with Crippen LogP contribution < -0.4 is 5.32 Å². The standard InChI is InChI=1S/C9H9BrFNO3/c1-12-3-6(13)4-2-5(11)9(15)7(10)8(4)14/h2,12,14-15H,3H2,1H3. The van der Waals surface area contributed by atoms with Crippen molar-refractivity contribution in [3.8, 4) is 11.5 Å². The number of hydrogen-bond acceptors (Lipinski definition) is 4. The van der Waals surface area contributed by atoms with Gasteiger partial charge >= 0.3 is 0 Å². The smallest absolute Gasteiger partial charge is 0.180 e. The number of halogens is 2. The average molecular weight is 278 g/mol. The summed E-state index contributed by atoms with van der Waals surface area (Å²) in [6.45, 7) is -0.0236. The Kier molecular flexibility index (Phi) is 3.65. The average Bonchev–Trinajstić information content (AvgIpc) is 2.20. The molecule has 0 unspecified atom stereocenters. The third-order valence-corrected chi connectivity index (χ3v) is 2.56. The van der Waals surface area contributed by atoms with E-state index in [1.165, 1.54) is 0 Å². The van der Waals surface area contributed by atoms with Gasteiger partial charge in [0, 0.05) is 0 Å². The maximum atomic E-state index is 13.1. The van der Waals surface area contributed by atoms with Crippen LogP contribution in [0.5, 0.6) is 11.5 Å². The number of hydrogen-bond donors (Lipinski definition) is 3. The van der Waals surface area contributed by atoms with Gasteiger partial charge in [-0.2, -0.15) is 0 Å². The minimum absolute atomic E-state index is 0.0236. The summed E-state index contributed by atoms with van der Waals surface area (Å²) in [4.78, 5) is 11.4. The van der Waals surface area contributed by atoms with E-state index in [-0.39, 0.29) is 16.6 Å². The van der Waals surface area contributed by atoms with Crippen molar-refractivity contribution in [1.82, 2.24) is 5.32 Å². The van der Waals surface area contributed by atoms with Gasteiger partial charge in [0.2, 0.25) is 0 Å². The van der Waals surface area contributed by atoms with Crippen molar-refractivity contribution in [3.63, 3.8) is 0 Å². The lowest BCUT2D eigenvalue weighted by molar-refractivity contribution is 0.0990. The summed E-state index contributed by atoms with van der Waals surface area (Å²) < 4.78 is 12.8. The Bertz CT molecular complexity index is 409. The van der Waals surface area contributed by atoms with Crippen LogP contribution in [0.15, 0.2) is 10.5 Å². The second-order valence-electron chi connectivity index (χ2n) is 2.87. The van der Waals surface area contributed by atoms with Gasteiger partial charge in [-0.05, 0) is 29.0 Å². The van der Waals surface area contributed by atoms with Crippen LogP contribution >= 0.6 is 15.9 Å². The molecular weight excluding hydrogens is 269 g/mol. The van der Waals surface area contributed by atoms with Crippen molar-refractivity contribution in [3.05, 3.63) is 21.9 Å². The van der Waals surface area contributed by atoms with E-state index in [4.69, 9.17) is 5.11 Å². The van der Waals surface area contributed by atoms with Crippen molar-refractivity contribution in [2.24, 2.45) is 0 Å². The molecule has 0 aliphatic heterocycles. The molecule has 1 rings (SSSR count). The molecule has 0 saturated heterocycles. The highest BCUT2D eigenvalue weighted by Gasteiger charge is 2.19. The topological polar surface area (TPSA) is 69.6 Å². The number of likely N-dealkylation sites (N-methyl/N-ethyl adjacent to an activating group) is 1. The molecule has 0 bridgehead atoms. The van der Waals surface area contributed by atoms with Gasteiger partial charge in [-0.15, -0.1) is 0 Å². The molecule has 0 fully saturated rings. The van der Waals surface area contributed by atoms with Gasteiger partial charge in [0.1, 0.15) is 10.2 Å². The lowest BCUT2D eigenvalue weighted by Gasteiger charge is -2.07. The van der Waals surface area contributed by atoms with Crippen LogP contribution in [0.3, 0.4) is 0 Å². The van der Waals surface area contributed by atoms with E-state index < -0.39 is 23.1 Å². The molecule has 82 valence electrons. The van der Waals surface area contributed by atoms with Crippen LogP contribution in [-0.4, -0.2) is 29.6 Å². The Labute approximate surface area is 93.9 Å². The molecule has 0 radical (unpaired) electrons. The van der Waals surface area contributed by atoms with E-state index in [2.05, 4.69) is 21.2 Å². The second-order valence-corrected chi connectivity index (χ2v) is 3.66. The molecule has 1 aromatic rings. The molecule has 0 spiro atoms. The van der Waals surface area contributed by atoms with Crippen LogP contribution in [0.2, 0.25) is 0 Å². The normalized spacial score (nSPS) is 10.3. The SMILES string of the molecule is CNCC(=O)c1cc(F)c(O)c(Br)c1O. The number of phenols is 2. The number of ketones is 1. The predicted octanol–water partition coefficient (Wildman–Crippen LogP) is 1.40. The number of carbonyl (C=O) groups excluding carboxylic acids is 1. The van der Waals surface area contributed by atoms with E-state index in [9.17, 15) is 14.3 Å². The highest BCUT2D eigenvalue weighted by atomic mass is 79.9. The van der Waals surface area contributed by atoms with Crippen LogP contribution in [0, 0.1) is 5.82 Å². The molecule has 15 heavy (non-hydrogen) atoms. The van der Waals surface area contributed by atoms with Gasteiger partial charge in [0.05, 0.1) is 12.1 Å². The first-order valence-electron chi connectivity index (χ1n) is 4.06. The van der Waals surface area contributed by atoms with Crippen molar-refractivity contribution >= 4 is 21.7 Å². The number of Topliss-reactive ketones (excluding diaryl/α,β-unsaturated/α-hetero) is 1. The number of aromatic hydroxyl groups is 2. The minimum atomic E-state index is -0.959. The second kappa shape index (κ2) is 4.59. The van der Waals surface area contributed by atoms with Crippen molar-refractivity contribution < 1.29 is 19.4 Å². The van der Waals surface area contributed by atoms with Crippen LogP contribution in [-0.2, 0) is 0 Å². The monoisotopic (exact) mass is 277 g/mol. The van der Waals surface area contributed by atoms with E-state index in [1.54, 1.807) is 7.05 Å². The predicted molar refractivity (Wildman–Crippen MR) is 55.7 cm³/mol. The molecule has 0 amide bonds. The largest absolute Gasteiger partial charge is 0.506 e. The van der Waals surface area contributed by atoms with E-state index in [0.29, 0.717) is 0 Å². The summed E-state index contributed by atoms with van der Waals surface area (Å²) >= 11 is 2.79. The van der Waals surface area contributed by atoms with Gasteiger partial charge in [0.25, 0.3) is 0 Å². The third-order valence-electron chi connectivity index (χ3n) is 1.81.